The van der Waals surface area contributed by atoms with E-state index in [4.69, 9.17) is 0 Å². The molecule has 0 spiro atoms. The van der Waals surface area contributed by atoms with E-state index in [2.05, 4.69) is 16.7 Å². The summed E-state index contributed by atoms with van der Waals surface area (Å²) in [6.45, 7) is 5.89. The molecule has 3 fully saturated rings. The van der Waals surface area contributed by atoms with E-state index in [9.17, 15) is 9.59 Å². The summed E-state index contributed by atoms with van der Waals surface area (Å²) in [4.78, 5) is 29.2. The smallest absolute Gasteiger partial charge is 0.225 e. The standard InChI is InChI=1S/C20H34N2O2/c1-2-16-7-11-21(12-8-16)19(23)15-17-9-13-22(14-10-17)20(24)18-5-3-4-6-18/h16-18H,2-15H2,1H3. The molecule has 2 saturated heterocycles. The number of hydrogen-bond donors (Lipinski definition) is 0. The zero-order valence-electron chi connectivity index (χ0n) is 15.3. The maximum atomic E-state index is 12.5. The van der Waals surface area contributed by atoms with Gasteiger partial charge >= 0.3 is 0 Å². The molecule has 136 valence electrons. The van der Waals surface area contributed by atoms with Crippen molar-refractivity contribution in [2.45, 2.75) is 71.1 Å². The molecule has 3 rings (SSSR count). The van der Waals surface area contributed by atoms with E-state index in [0.717, 1.165) is 57.8 Å². The van der Waals surface area contributed by atoms with Crippen LogP contribution in [-0.4, -0.2) is 47.8 Å². The van der Waals surface area contributed by atoms with Gasteiger partial charge in [-0.1, -0.05) is 26.2 Å². The largest absolute Gasteiger partial charge is 0.343 e. The molecule has 0 N–H and O–H groups in total. The molecular formula is C20H34N2O2. The molecule has 3 aliphatic rings. The average molecular weight is 335 g/mol. The molecule has 2 amide bonds. The third-order valence-corrected chi connectivity index (χ3v) is 6.64. The lowest BCUT2D eigenvalue weighted by molar-refractivity contribution is -0.137. The van der Waals surface area contributed by atoms with Gasteiger partial charge in [-0.2, -0.15) is 0 Å². The first kappa shape index (κ1) is 17.8. The highest BCUT2D eigenvalue weighted by molar-refractivity contribution is 5.79. The van der Waals surface area contributed by atoms with Gasteiger partial charge in [-0.05, 0) is 50.4 Å². The number of amides is 2. The maximum Gasteiger partial charge on any atom is 0.225 e. The van der Waals surface area contributed by atoms with Gasteiger partial charge in [0, 0.05) is 38.5 Å². The van der Waals surface area contributed by atoms with Crippen molar-refractivity contribution in [1.82, 2.24) is 9.80 Å². The molecule has 2 aliphatic heterocycles. The molecule has 2 heterocycles. The van der Waals surface area contributed by atoms with Crippen LogP contribution in [0.5, 0.6) is 0 Å². The minimum absolute atomic E-state index is 0.294. The predicted molar refractivity (Wildman–Crippen MR) is 95.5 cm³/mol. The molecule has 0 aromatic rings. The van der Waals surface area contributed by atoms with Crippen LogP contribution < -0.4 is 0 Å². The van der Waals surface area contributed by atoms with E-state index < -0.39 is 0 Å². The maximum absolute atomic E-state index is 12.5. The van der Waals surface area contributed by atoms with Crippen LogP contribution in [0.15, 0.2) is 0 Å². The normalized spacial score (nSPS) is 24.5. The van der Waals surface area contributed by atoms with Gasteiger partial charge in [-0.25, -0.2) is 0 Å². The van der Waals surface area contributed by atoms with Gasteiger partial charge in [0.05, 0.1) is 0 Å². The van der Waals surface area contributed by atoms with Crippen LogP contribution in [0.4, 0.5) is 0 Å². The average Bonchev–Trinajstić information content (AvgIpc) is 3.16. The zero-order valence-corrected chi connectivity index (χ0v) is 15.3. The van der Waals surface area contributed by atoms with Crippen LogP contribution in [0, 0.1) is 17.8 Å². The Labute approximate surface area is 146 Å². The van der Waals surface area contributed by atoms with Crippen molar-refractivity contribution in [2.75, 3.05) is 26.2 Å². The Hall–Kier alpha value is -1.06. The van der Waals surface area contributed by atoms with Crippen molar-refractivity contribution < 1.29 is 9.59 Å². The van der Waals surface area contributed by atoms with Gasteiger partial charge in [0.25, 0.3) is 0 Å². The first-order valence-corrected chi connectivity index (χ1v) is 10.2. The van der Waals surface area contributed by atoms with Crippen molar-refractivity contribution >= 4 is 11.8 Å². The van der Waals surface area contributed by atoms with Gasteiger partial charge in [0.1, 0.15) is 0 Å². The summed E-state index contributed by atoms with van der Waals surface area (Å²) in [5.41, 5.74) is 0. The van der Waals surface area contributed by atoms with Crippen LogP contribution in [0.25, 0.3) is 0 Å². The van der Waals surface area contributed by atoms with E-state index >= 15 is 0 Å². The lowest BCUT2D eigenvalue weighted by atomic mass is 9.90. The van der Waals surface area contributed by atoms with E-state index in [1.165, 1.54) is 32.1 Å². The summed E-state index contributed by atoms with van der Waals surface area (Å²) < 4.78 is 0. The molecule has 0 bridgehead atoms. The van der Waals surface area contributed by atoms with Crippen molar-refractivity contribution in [3.8, 4) is 0 Å². The van der Waals surface area contributed by atoms with E-state index in [-0.39, 0.29) is 0 Å². The van der Waals surface area contributed by atoms with E-state index in [1.807, 2.05) is 0 Å². The Morgan fingerprint density at radius 2 is 1.33 bits per heavy atom. The molecular weight excluding hydrogens is 300 g/mol. The van der Waals surface area contributed by atoms with Crippen LogP contribution in [0.3, 0.4) is 0 Å². The van der Waals surface area contributed by atoms with Crippen molar-refractivity contribution in [3.05, 3.63) is 0 Å². The fourth-order valence-corrected chi connectivity index (χ4v) is 4.76. The Morgan fingerprint density at radius 3 is 1.92 bits per heavy atom. The Balaban J connectivity index is 1.39. The summed E-state index contributed by atoms with van der Waals surface area (Å²) in [5, 5.41) is 0. The second-order valence-electron chi connectivity index (χ2n) is 8.19. The molecule has 1 aliphatic carbocycles. The summed E-state index contributed by atoms with van der Waals surface area (Å²) in [7, 11) is 0. The monoisotopic (exact) mass is 334 g/mol. The molecule has 0 radical (unpaired) electrons. The number of carbonyl (C=O) groups is 2. The molecule has 0 aromatic heterocycles. The Kier molecular flexibility index (Phi) is 6.18. The second kappa shape index (κ2) is 8.35. The third kappa shape index (κ3) is 4.31. The van der Waals surface area contributed by atoms with Crippen LogP contribution in [0.1, 0.15) is 71.1 Å². The van der Waals surface area contributed by atoms with Gasteiger partial charge < -0.3 is 9.80 Å². The van der Waals surface area contributed by atoms with Gasteiger partial charge in [-0.15, -0.1) is 0 Å². The fourth-order valence-electron chi connectivity index (χ4n) is 4.76. The highest BCUT2D eigenvalue weighted by Gasteiger charge is 2.31. The molecule has 4 nitrogen and oxygen atoms in total. The Morgan fingerprint density at radius 1 is 0.792 bits per heavy atom. The number of piperidine rings is 2. The van der Waals surface area contributed by atoms with E-state index in [0.29, 0.717) is 30.1 Å². The molecule has 24 heavy (non-hydrogen) atoms. The molecule has 0 aromatic carbocycles. The minimum Gasteiger partial charge on any atom is -0.343 e. The number of nitrogens with zero attached hydrogens (tertiary/aromatic N) is 2. The number of likely N-dealkylation sites (tertiary alicyclic amines) is 2. The van der Waals surface area contributed by atoms with E-state index in [1.54, 1.807) is 0 Å². The highest BCUT2D eigenvalue weighted by Crippen LogP contribution is 2.29. The highest BCUT2D eigenvalue weighted by atomic mass is 16.2. The van der Waals surface area contributed by atoms with Crippen molar-refractivity contribution in [3.63, 3.8) is 0 Å². The summed E-state index contributed by atoms with van der Waals surface area (Å²) >= 11 is 0. The second-order valence-corrected chi connectivity index (χ2v) is 8.19. The summed E-state index contributed by atoms with van der Waals surface area (Å²) in [5.74, 6) is 2.33. The number of hydrogen-bond acceptors (Lipinski definition) is 2. The van der Waals surface area contributed by atoms with Crippen LogP contribution >= 0.6 is 0 Å². The van der Waals surface area contributed by atoms with Crippen molar-refractivity contribution in [1.29, 1.82) is 0 Å². The first-order chi connectivity index (χ1) is 11.7. The molecule has 1 saturated carbocycles. The number of rotatable bonds is 4. The summed E-state index contributed by atoms with van der Waals surface area (Å²) in [6, 6.07) is 0. The van der Waals surface area contributed by atoms with Gasteiger partial charge in [-0.3, -0.25) is 9.59 Å². The molecule has 0 unspecified atom stereocenters. The lowest BCUT2D eigenvalue weighted by Crippen LogP contribution is -2.43. The van der Waals surface area contributed by atoms with Crippen LogP contribution in [0.2, 0.25) is 0 Å². The molecule has 0 atom stereocenters. The lowest BCUT2D eigenvalue weighted by Gasteiger charge is -2.36. The summed E-state index contributed by atoms with van der Waals surface area (Å²) in [6.07, 6.45) is 10.9. The van der Waals surface area contributed by atoms with Gasteiger partial charge in [0.15, 0.2) is 0 Å². The van der Waals surface area contributed by atoms with Crippen molar-refractivity contribution in [2.24, 2.45) is 17.8 Å². The number of carbonyl (C=O) groups excluding carboxylic acids is 2. The van der Waals surface area contributed by atoms with Crippen LogP contribution in [-0.2, 0) is 9.59 Å². The fraction of sp³-hybridized carbons (Fsp3) is 0.900. The topological polar surface area (TPSA) is 40.6 Å². The van der Waals surface area contributed by atoms with Gasteiger partial charge in [0.2, 0.25) is 11.8 Å². The first-order valence-electron chi connectivity index (χ1n) is 10.2. The minimum atomic E-state index is 0.294. The predicted octanol–water partition coefficient (Wildman–Crippen LogP) is 3.45. The SMILES string of the molecule is CCC1CCN(C(=O)CC2CCN(C(=O)C3CCCC3)CC2)CC1. The quantitative estimate of drug-likeness (QED) is 0.790. The Bertz CT molecular complexity index is 429. The third-order valence-electron chi connectivity index (χ3n) is 6.64. The zero-order chi connectivity index (χ0) is 16.9. The molecule has 4 heteroatoms.